The molecule has 1 fully saturated rings. The van der Waals surface area contributed by atoms with E-state index < -0.39 is 0 Å². The molecule has 0 bridgehead atoms. The molecule has 92 valence electrons. The third-order valence-electron chi connectivity index (χ3n) is 3.11. The second-order valence-electron chi connectivity index (χ2n) is 4.30. The van der Waals surface area contributed by atoms with E-state index in [0.29, 0.717) is 17.3 Å². The number of hydrogen-bond acceptors (Lipinski definition) is 5. The van der Waals surface area contributed by atoms with Crippen molar-refractivity contribution in [1.82, 2.24) is 10.2 Å². The Balaban J connectivity index is 2.16. The number of aromatic nitrogens is 2. The minimum Gasteiger partial charge on any atom is -0.396 e. The molecular weight excluding hydrogens is 218 g/mol. The summed E-state index contributed by atoms with van der Waals surface area (Å²) in [4.78, 5) is 2.09. The molecule has 1 aromatic rings. The average molecular weight is 235 g/mol. The van der Waals surface area contributed by atoms with E-state index in [-0.39, 0.29) is 12.4 Å². The van der Waals surface area contributed by atoms with Crippen molar-refractivity contribution in [2.45, 2.75) is 12.8 Å². The summed E-state index contributed by atoms with van der Waals surface area (Å²) in [6.45, 7) is 1.95. The lowest BCUT2D eigenvalue weighted by Crippen LogP contribution is -2.25. The maximum absolute atomic E-state index is 8.93. The summed E-state index contributed by atoms with van der Waals surface area (Å²) in [7, 11) is 0. The summed E-state index contributed by atoms with van der Waals surface area (Å²) in [5, 5.41) is 24.4. The SMILES string of the molecule is N=C(N)c1ccnnc1N1CCC(CCO)C1. The van der Waals surface area contributed by atoms with Gasteiger partial charge in [-0.05, 0) is 24.8 Å². The number of nitrogens with one attached hydrogen (secondary N) is 1. The molecule has 1 aliphatic heterocycles. The number of nitrogen functional groups attached to an aromatic ring is 1. The van der Waals surface area contributed by atoms with E-state index >= 15 is 0 Å². The van der Waals surface area contributed by atoms with Gasteiger partial charge >= 0.3 is 0 Å². The third kappa shape index (κ3) is 2.52. The quantitative estimate of drug-likeness (QED) is 0.502. The molecule has 1 saturated heterocycles. The van der Waals surface area contributed by atoms with Crippen LogP contribution < -0.4 is 10.6 Å². The third-order valence-corrected chi connectivity index (χ3v) is 3.11. The summed E-state index contributed by atoms with van der Waals surface area (Å²) in [5.74, 6) is 1.18. The van der Waals surface area contributed by atoms with Crippen LogP contribution in [0.2, 0.25) is 0 Å². The van der Waals surface area contributed by atoms with Crippen LogP contribution in [0.25, 0.3) is 0 Å². The molecule has 1 unspecified atom stereocenters. The van der Waals surface area contributed by atoms with Crippen LogP contribution in [0.5, 0.6) is 0 Å². The van der Waals surface area contributed by atoms with Crippen molar-refractivity contribution < 1.29 is 5.11 Å². The van der Waals surface area contributed by atoms with Crippen LogP contribution in [0.4, 0.5) is 5.82 Å². The molecule has 0 aliphatic carbocycles. The van der Waals surface area contributed by atoms with E-state index in [1.165, 1.54) is 0 Å². The molecule has 0 spiro atoms. The Bertz CT molecular complexity index is 409. The highest BCUT2D eigenvalue weighted by Gasteiger charge is 2.25. The summed E-state index contributed by atoms with van der Waals surface area (Å²) in [5.41, 5.74) is 6.15. The number of rotatable bonds is 4. The second-order valence-corrected chi connectivity index (χ2v) is 4.30. The molecule has 2 heterocycles. The number of aliphatic hydroxyl groups excluding tert-OH is 1. The van der Waals surface area contributed by atoms with Gasteiger partial charge in [-0.2, -0.15) is 5.10 Å². The minimum absolute atomic E-state index is 0.0144. The first-order valence-electron chi connectivity index (χ1n) is 5.74. The van der Waals surface area contributed by atoms with Crippen LogP contribution in [-0.4, -0.2) is 40.8 Å². The van der Waals surface area contributed by atoms with E-state index in [0.717, 1.165) is 25.9 Å². The zero-order valence-corrected chi connectivity index (χ0v) is 9.63. The largest absolute Gasteiger partial charge is 0.396 e. The second kappa shape index (κ2) is 5.09. The van der Waals surface area contributed by atoms with Crippen molar-refractivity contribution in [2.75, 3.05) is 24.6 Å². The molecule has 17 heavy (non-hydrogen) atoms. The number of aliphatic hydroxyl groups is 1. The lowest BCUT2D eigenvalue weighted by molar-refractivity contribution is 0.263. The van der Waals surface area contributed by atoms with Crippen LogP contribution in [0.3, 0.4) is 0 Å². The van der Waals surface area contributed by atoms with Crippen LogP contribution in [0.1, 0.15) is 18.4 Å². The summed E-state index contributed by atoms with van der Waals surface area (Å²) >= 11 is 0. The summed E-state index contributed by atoms with van der Waals surface area (Å²) in [6, 6.07) is 1.71. The van der Waals surface area contributed by atoms with Crippen molar-refractivity contribution >= 4 is 11.7 Å². The van der Waals surface area contributed by atoms with E-state index in [2.05, 4.69) is 15.1 Å². The first kappa shape index (κ1) is 11.8. The van der Waals surface area contributed by atoms with E-state index in [9.17, 15) is 0 Å². The Kier molecular flexibility index (Phi) is 3.53. The van der Waals surface area contributed by atoms with Gasteiger partial charge in [0.05, 0.1) is 11.8 Å². The fourth-order valence-electron chi connectivity index (χ4n) is 2.21. The Morgan fingerprint density at radius 1 is 1.65 bits per heavy atom. The zero-order valence-electron chi connectivity index (χ0n) is 9.63. The van der Waals surface area contributed by atoms with Gasteiger partial charge < -0.3 is 15.7 Å². The monoisotopic (exact) mass is 235 g/mol. The van der Waals surface area contributed by atoms with Gasteiger partial charge in [-0.15, -0.1) is 5.10 Å². The Hall–Kier alpha value is -1.69. The fraction of sp³-hybridized carbons (Fsp3) is 0.545. The van der Waals surface area contributed by atoms with Gasteiger partial charge in [0.25, 0.3) is 0 Å². The summed E-state index contributed by atoms with van der Waals surface area (Å²) in [6.07, 6.45) is 3.39. The van der Waals surface area contributed by atoms with E-state index in [4.69, 9.17) is 16.2 Å². The molecule has 1 aromatic heterocycles. The lowest BCUT2D eigenvalue weighted by atomic mass is 10.1. The van der Waals surface area contributed by atoms with Crippen LogP contribution in [0, 0.1) is 11.3 Å². The molecule has 0 aromatic carbocycles. The maximum atomic E-state index is 8.93. The van der Waals surface area contributed by atoms with Crippen LogP contribution in [-0.2, 0) is 0 Å². The van der Waals surface area contributed by atoms with Gasteiger partial charge in [-0.1, -0.05) is 0 Å². The fourth-order valence-corrected chi connectivity index (χ4v) is 2.21. The molecule has 4 N–H and O–H groups in total. The number of amidine groups is 1. The Morgan fingerprint density at radius 3 is 3.18 bits per heavy atom. The summed E-state index contributed by atoms with van der Waals surface area (Å²) < 4.78 is 0. The number of anilines is 1. The van der Waals surface area contributed by atoms with Gasteiger partial charge in [-0.25, -0.2) is 0 Å². The first-order valence-corrected chi connectivity index (χ1v) is 5.74. The van der Waals surface area contributed by atoms with Crippen molar-refractivity contribution in [2.24, 2.45) is 11.7 Å². The van der Waals surface area contributed by atoms with Crippen LogP contribution in [0.15, 0.2) is 12.3 Å². The Labute approximate surface area is 100.0 Å². The predicted octanol–water partition coefficient (Wildman–Crippen LogP) is -0.0306. The highest BCUT2D eigenvalue weighted by atomic mass is 16.3. The van der Waals surface area contributed by atoms with E-state index in [1.54, 1.807) is 12.3 Å². The molecule has 6 heteroatoms. The molecule has 0 amide bonds. The van der Waals surface area contributed by atoms with Crippen molar-refractivity contribution in [1.29, 1.82) is 5.41 Å². The molecule has 1 atom stereocenters. The molecular formula is C11H17N5O. The number of nitrogens with zero attached hydrogens (tertiary/aromatic N) is 3. The standard InChI is InChI=1S/C11H17N5O/c12-10(13)9-1-4-14-15-11(9)16-5-2-8(7-16)3-6-17/h1,4,8,17H,2-3,5-7H2,(H3,12,13). The van der Waals surface area contributed by atoms with Gasteiger partial charge in [-0.3, -0.25) is 5.41 Å². The highest BCUT2D eigenvalue weighted by Crippen LogP contribution is 2.25. The van der Waals surface area contributed by atoms with E-state index in [1.807, 2.05) is 0 Å². The molecule has 0 saturated carbocycles. The topological polar surface area (TPSA) is 99.1 Å². The molecule has 6 nitrogen and oxygen atoms in total. The highest BCUT2D eigenvalue weighted by molar-refractivity contribution is 5.99. The van der Waals surface area contributed by atoms with Crippen molar-refractivity contribution in [3.05, 3.63) is 17.8 Å². The predicted molar refractivity (Wildman–Crippen MR) is 65.1 cm³/mol. The van der Waals surface area contributed by atoms with Gasteiger partial charge in [0, 0.05) is 19.7 Å². The Morgan fingerprint density at radius 2 is 2.47 bits per heavy atom. The molecule has 2 rings (SSSR count). The number of nitrogens with two attached hydrogens (primary N) is 1. The van der Waals surface area contributed by atoms with Crippen molar-refractivity contribution in [3.8, 4) is 0 Å². The first-order chi connectivity index (χ1) is 8.22. The average Bonchev–Trinajstić information content (AvgIpc) is 2.78. The minimum atomic E-state index is 0.0144. The van der Waals surface area contributed by atoms with Gasteiger partial charge in [0.2, 0.25) is 0 Å². The van der Waals surface area contributed by atoms with Gasteiger partial charge in [0.15, 0.2) is 5.82 Å². The maximum Gasteiger partial charge on any atom is 0.162 e. The van der Waals surface area contributed by atoms with Crippen LogP contribution >= 0.6 is 0 Å². The lowest BCUT2D eigenvalue weighted by Gasteiger charge is -2.19. The normalized spacial score (nSPS) is 19.6. The molecule has 1 aliphatic rings. The molecule has 0 radical (unpaired) electrons. The van der Waals surface area contributed by atoms with Gasteiger partial charge in [0.1, 0.15) is 5.84 Å². The smallest absolute Gasteiger partial charge is 0.162 e. The number of hydrogen-bond donors (Lipinski definition) is 3. The van der Waals surface area contributed by atoms with Crippen molar-refractivity contribution in [3.63, 3.8) is 0 Å². The zero-order chi connectivity index (χ0) is 12.3.